The highest BCUT2D eigenvalue weighted by molar-refractivity contribution is 5.93. The fourth-order valence-electron chi connectivity index (χ4n) is 3.53. The molecule has 1 saturated heterocycles. The van der Waals surface area contributed by atoms with E-state index in [4.69, 9.17) is 5.11 Å². The molecule has 0 atom stereocenters. The smallest absolute Gasteiger partial charge is 0.353 e. The molecule has 10 heteroatoms. The summed E-state index contributed by atoms with van der Waals surface area (Å²) in [5, 5.41) is 25.0. The second kappa shape index (κ2) is 8.33. The zero-order valence-electron chi connectivity index (χ0n) is 15.7. The number of nitro groups is 1. The van der Waals surface area contributed by atoms with E-state index in [2.05, 4.69) is 25.2 Å². The van der Waals surface area contributed by atoms with E-state index in [9.17, 15) is 10.1 Å². The van der Waals surface area contributed by atoms with Crippen molar-refractivity contribution in [3.05, 3.63) is 53.0 Å². The van der Waals surface area contributed by atoms with Crippen LogP contribution >= 0.6 is 0 Å². The number of benzene rings is 1. The minimum atomic E-state index is -0.443. The molecule has 1 aliphatic rings. The van der Waals surface area contributed by atoms with E-state index in [1.165, 1.54) is 6.33 Å². The van der Waals surface area contributed by atoms with Crippen LogP contribution in [0.25, 0.3) is 10.9 Å². The predicted molar refractivity (Wildman–Crippen MR) is 109 cm³/mol. The Morgan fingerprint density at radius 2 is 1.93 bits per heavy atom. The number of β-amino-alcohol motifs (C(OH)–C–C–N with tert-alkyl or cyclic N) is 1. The van der Waals surface area contributed by atoms with Gasteiger partial charge in [-0.3, -0.25) is 20.0 Å². The van der Waals surface area contributed by atoms with E-state index in [0.717, 1.165) is 10.9 Å². The van der Waals surface area contributed by atoms with E-state index in [1.54, 1.807) is 6.20 Å². The lowest BCUT2D eigenvalue weighted by Crippen LogP contribution is -2.47. The molecule has 0 saturated carbocycles. The lowest BCUT2D eigenvalue weighted by Gasteiger charge is -2.34. The monoisotopic (exact) mass is 395 g/mol. The first kappa shape index (κ1) is 19.0. The summed E-state index contributed by atoms with van der Waals surface area (Å²) in [6.07, 6.45) is 3.04. The van der Waals surface area contributed by atoms with Crippen LogP contribution in [-0.4, -0.2) is 69.2 Å². The highest BCUT2D eigenvalue weighted by Crippen LogP contribution is 2.35. The Morgan fingerprint density at radius 3 is 2.69 bits per heavy atom. The maximum absolute atomic E-state index is 11.9. The number of pyridine rings is 1. The lowest BCUT2D eigenvalue weighted by atomic mass is 10.2. The molecule has 2 N–H and O–H groups in total. The van der Waals surface area contributed by atoms with Crippen LogP contribution in [0.3, 0.4) is 0 Å². The van der Waals surface area contributed by atoms with Crippen molar-refractivity contribution in [2.24, 2.45) is 0 Å². The molecule has 0 bridgehead atoms. The Balaban J connectivity index is 1.66. The Kier molecular flexibility index (Phi) is 5.45. The van der Waals surface area contributed by atoms with Crippen LogP contribution in [0.15, 0.2) is 42.9 Å². The van der Waals surface area contributed by atoms with Crippen molar-refractivity contribution in [3.8, 4) is 0 Å². The zero-order chi connectivity index (χ0) is 20.2. The van der Waals surface area contributed by atoms with Crippen molar-refractivity contribution in [2.45, 2.75) is 0 Å². The van der Waals surface area contributed by atoms with Crippen molar-refractivity contribution >= 4 is 33.9 Å². The van der Waals surface area contributed by atoms with Crippen LogP contribution in [0.1, 0.15) is 0 Å². The number of aromatic nitrogens is 3. The fourth-order valence-corrected chi connectivity index (χ4v) is 3.53. The van der Waals surface area contributed by atoms with Gasteiger partial charge in [-0.25, -0.2) is 9.97 Å². The van der Waals surface area contributed by atoms with Crippen molar-refractivity contribution in [2.75, 3.05) is 49.5 Å². The molecule has 3 aromatic rings. The first-order valence-corrected chi connectivity index (χ1v) is 9.35. The molecule has 0 spiro atoms. The van der Waals surface area contributed by atoms with Crippen molar-refractivity contribution < 1.29 is 10.0 Å². The largest absolute Gasteiger partial charge is 0.395 e. The fraction of sp³-hybridized carbons (Fsp3) is 0.316. The number of piperazine rings is 1. The van der Waals surface area contributed by atoms with Crippen molar-refractivity contribution in [1.29, 1.82) is 0 Å². The summed E-state index contributed by atoms with van der Waals surface area (Å²) in [5.74, 6) is 0.448. The van der Waals surface area contributed by atoms with Gasteiger partial charge in [0.1, 0.15) is 6.33 Å². The Labute approximate surface area is 167 Å². The normalized spacial score (nSPS) is 14.9. The molecule has 0 amide bonds. The van der Waals surface area contributed by atoms with Crippen LogP contribution in [0.2, 0.25) is 0 Å². The van der Waals surface area contributed by atoms with Gasteiger partial charge >= 0.3 is 5.69 Å². The molecule has 4 rings (SSSR count). The minimum absolute atomic E-state index is 0.0988. The first-order valence-electron chi connectivity index (χ1n) is 9.35. The molecular formula is C19H21N7O3. The van der Waals surface area contributed by atoms with Gasteiger partial charge in [0.15, 0.2) is 0 Å². The number of hydrogen-bond acceptors (Lipinski definition) is 9. The lowest BCUT2D eigenvalue weighted by molar-refractivity contribution is -0.383. The van der Waals surface area contributed by atoms with Crippen LogP contribution in [0, 0.1) is 10.1 Å². The van der Waals surface area contributed by atoms with Crippen LogP contribution < -0.4 is 10.2 Å². The summed E-state index contributed by atoms with van der Waals surface area (Å²) in [6.45, 7) is 3.30. The van der Waals surface area contributed by atoms with E-state index in [-0.39, 0.29) is 18.1 Å². The van der Waals surface area contributed by atoms with Crippen LogP contribution in [0.5, 0.6) is 0 Å². The number of aliphatic hydroxyl groups excluding tert-OH is 1. The van der Waals surface area contributed by atoms with E-state index < -0.39 is 4.92 Å². The van der Waals surface area contributed by atoms with E-state index in [1.807, 2.05) is 35.2 Å². The average molecular weight is 395 g/mol. The summed E-state index contributed by atoms with van der Waals surface area (Å²) in [5.41, 5.74) is 1.33. The third-order valence-electron chi connectivity index (χ3n) is 4.97. The number of nitrogens with one attached hydrogen (secondary N) is 1. The second-order valence-corrected chi connectivity index (χ2v) is 6.70. The third-order valence-corrected chi connectivity index (χ3v) is 4.97. The van der Waals surface area contributed by atoms with Crippen molar-refractivity contribution in [1.82, 2.24) is 19.9 Å². The predicted octanol–water partition coefficient (Wildman–Crippen LogP) is 1.79. The van der Waals surface area contributed by atoms with Crippen molar-refractivity contribution in [3.63, 3.8) is 0 Å². The number of hydrogen-bond donors (Lipinski definition) is 2. The molecule has 1 fully saturated rings. The molecule has 150 valence electrons. The highest BCUT2D eigenvalue weighted by atomic mass is 16.6. The van der Waals surface area contributed by atoms with Gasteiger partial charge in [0.2, 0.25) is 11.6 Å². The molecule has 2 aromatic heterocycles. The van der Waals surface area contributed by atoms with E-state index in [0.29, 0.717) is 44.2 Å². The third kappa shape index (κ3) is 3.93. The second-order valence-electron chi connectivity index (χ2n) is 6.70. The first-order chi connectivity index (χ1) is 14.2. The SMILES string of the molecule is O=[N+]([O-])c1c(Nc2cccc3ncccc23)ncnc1N1CCN(CCO)CC1. The highest BCUT2D eigenvalue weighted by Gasteiger charge is 2.29. The quantitative estimate of drug-likeness (QED) is 0.475. The van der Waals surface area contributed by atoms with Gasteiger partial charge < -0.3 is 15.3 Å². The topological polar surface area (TPSA) is 121 Å². The maximum Gasteiger partial charge on any atom is 0.353 e. The van der Waals surface area contributed by atoms with Gasteiger partial charge in [0.25, 0.3) is 0 Å². The number of rotatable bonds is 6. The number of anilines is 3. The molecule has 0 radical (unpaired) electrons. The maximum atomic E-state index is 11.9. The summed E-state index contributed by atoms with van der Waals surface area (Å²) < 4.78 is 0. The number of fused-ring (bicyclic) bond motifs is 1. The Morgan fingerprint density at radius 1 is 1.10 bits per heavy atom. The standard InChI is InChI=1S/C19H21N7O3/c27-12-11-24-7-9-25(10-8-24)19-17(26(28)29)18(21-13-22-19)23-16-5-1-4-15-14(16)3-2-6-20-15/h1-6,13,27H,7-12H2,(H,21,22,23). The Hall–Kier alpha value is -3.37. The van der Waals surface area contributed by atoms with E-state index >= 15 is 0 Å². The summed E-state index contributed by atoms with van der Waals surface area (Å²) in [7, 11) is 0. The molecule has 0 unspecified atom stereocenters. The molecule has 1 aromatic carbocycles. The molecule has 29 heavy (non-hydrogen) atoms. The summed E-state index contributed by atoms with van der Waals surface area (Å²) in [6, 6.07) is 9.28. The number of aliphatic hydroxyl groups is 1. The molecule has 1 aliphatic heterocycles. The molecule has 0 aliphatic carbocycles. The number of nitrogens with zero attached hydrogens (tertiary/aromatic N) is 6. The van der Waals surface area contributed by atoms with Gasteiger partial charge in [-0.2, -0.15) is 0 Å². The van der Waals surface area contributed by atoms with Gasteiger partial charge in [-0.05, 0) is 24.3 Å². The van der Waals surface area contributed by atoms with Gasteiger partial charge in [-0.15, -0.1) is 0 Å². The van der Waals surface area contributed by atoms with Gasteiger partial charge in [0.05, 0.1) is 17.0 Å². The summed E-state index contributed by atoms with van der Waals surface area (Å²) in [4.78, 5) is 28.2. The van der Waals surface area contributed by atoms with Gasteiger partial charge in [-0.1, -0.05) is 6.07 Å². The van der Waals surface area contributed by atoms with Crippen LogP contribution in [-0.2, 0) is 0 Å². The van der Waals surface area contributed by atoms with Gasteiger partial charge in [0, 0.05) is 50.0 Å². The van der Waals surface area contributed by atoms with Crippen LogP contribution in [0.4, 0.5) is 23.0 Å². The minimum Gasteiger partial charge on any atom is -0.395 e. The molecule has 10 nitrogen and oxygen atoms in total. The average Bonchev–Trinajstić information content (AvgIpc) is 2.74. The molecular weight excluding hydrogens is 374 g/mol. The zero-order valence-corrected chi connectivity index (χ0v) is 15.7. The molecule has 3 heterocycles. The summed E-state index contributed by atoms with van der Waals surface area (Å²) >= 11 is 0. The Bertz CT molecular complexity index is 1020.